The number of carbonyl (C=O) groups is 2. The van der Waals surface area contributed by atoms with Crippen molar-refractivity contribution in [2.75, 3.05) is 18.5 Å². The monoisotopic (exact) mass is 308 g/mol. The summed E-state index contributed by atoms with van der Waals surface area (Å²) < 4.78 is 13.7. The van der Waals surface area contributed by atoms with E-state index >= 15 is 0 Å². The number of aliphatic hydroxyl groups is 1. The minimum Gasteiger partial charge on any atom is -0.394 e. The van der Waals surface area contributed by atoms with Crippen LogP contribution in [0.15, 0.2) is 18.2 Å². The molecule has 6 heteroatoms. The maximum atomic E-state index is 13.7. The van der Waals surface area contributed by atoms with Crippen LogP contribution in [0.3, 0.4) is 0 Å². The van der Waals surface area contributed by atoms with Crippen LogP contribution < -0.4 is 5.32 Å². The van der Waals surface area contributed by atoms with Gasteiger partial charge in [0.2, 0.25) is 5.91 Å². The molecule has 22 heavy (non-hydrogen) atoms. The van der Waals surface area contributed by atoms with Crippen molar-refractivity contribution >= 4 is 17.5 Å². The lowest BCUT2D eigenvalue weighted by Crippen LogP contribution is -2.49. The summed E-state index contributed by atoms with van der Waals surface area (Å²) in [5.41, 5.74) is 0.293. The van der Waals surface area contributed by atoms with Crippen LogP contribution in [0, 0.1) is 11.7 Å². The number of nitrogens with zero attached hydrogens (tertiary/aromatic N) is 1. The van der Waals surface area contributed by atoms with Gasteiger partial charge in [-0.2, -0.15) is 0 Å². The van der Waals surface area contributed by atoms with Gasteiger partial charge in [0.25, 0.3) is 5.91 Å². The number of piperidine rings is 1. The summed E-state index contributed by atoms with van der Waals surface area (Å²) in [7, 11) is 0. The van der Waals surface area contributed by atoms with E-state index in [0.29, 0.717) is 12.1 Å². The van der Waals surface area contributed by atoms with Crippen molar-refractivity contribution in [1.29, 1.82) is 0 Å². The van der Waals surface area contributed by atoms with Crippen molar-refractivity contribution in [3.8, 4) is 0 Å². The van der Waals surface area contributed by atoms with Crippen LogP contribution in [0.25, 0.3) is 0 Å². The Bertz CT molecular complexity index is 577. The molecular formula is C16H21FN2O3. The molecule has 0 spiro atoms. The number of hydrogen-bond acceptors (Lipinski definition) is 3. The Morgan fingerprint density at radius 3 is 2.82 bits per heavy atom. The fourth-order valence-corrected chi connectivity index (χ4v) is 2.89. The topological polar surface area (TPSA) is 69.6 Å². The molecule has 2 rings (SSSR count). The van der Waals surface area contributed by atoms with Crippen LogP contribution >= 0.6 is 0 Å². The number of carbonyl (C=O) groups excluding carboxylic acids is 2. The van der Waals surface area contributed by atoms with Gasteiger partial charge in [-0.15, -0.1) is 0 Å². The highest BCUT2D eigenvalue weighted by Crippen LogP contribution is 2.26. The molecule has 2 unspecified atom stereocenters. The molecule has 2 atom stereocenters. The van der Waals surface area contributed by atoms with E-state index in [4.69, 9.17) is 0 Å². The summed E-state index contributed by atoms with van der Waals surface area (Å²) in [6, 6.07) is 3.68. The van der Waals surface area contributed by atoms with E-state index in [1.807, 2.05) is 6.92 Å². The molecule has 0 bridgehead atoms. The molecule has 2 amide bonds. The molecular weight excluding hydrogens is 287 g/mol. The minimum atomic E-state index is -0.586. The average Bonchev–Trinajstić information content (AvgIpc) is 2.48. The lowest BCUT2D eigenvalue weighted by atomic mass is 9.90. The summed E-state index contributed by atoms with van der Waals surface area (Å²) in [5.74, 6) is -1.02. The van der Waals surface area contributed by atoms with Gasteiger partial charge in [0.05, 0.1) is 18.3 Å². The standard InChI is InChI=1S/C16H21FN2O3/c1-10-4-3-7-19(15(10)9-20)16(22)12-5-6-13(17)14(8-12)18-11(2)21/h5-6,8,10,15,20H,3-4,7,9H2,1-2H3,(H,18,21). The van der Waals surface area contributed by atoms with Crippen molar-refractivity contribution in [2.45, 2.75) is 32.7 Å². The highest BCUT2D eigenvalue weighted by atomic mass is 19.1. The van der Waals surface area contributed by atoms with E-state index in [9.17, 15) is 19.1 Å². The highest BCUT2D eigenvalue weighted by Gasteiger charge is 2.32. The molecule has 1 heterocycles. The van der Waals surface area contributed by atoms with Gasteiger partial charge in [0.1, 0.15) is 5.82 Å². The number of nitrogens with one attached hydrogen (secondary N) is 1. The molecule has 0 aliphatic carbocycles. The SMILES string of the molecule is CC(=O)Nc1cc(C(=O)N2CCCC(C)C2CO)ccc1F. The van der Waals surface area contributed by atoms with E-state index < -0.39 is 11.7 Å². The van der Waals surface area contributed by atoms with Crippen molar-refractivity contribution < 1.29 is 19.1 Å². The van der Waals surface area contributed by atoms with Crippen LogP contribution in [-0.2, 0) is 4.79 Å². The Labute approximate surface area is 129 Å². The maximum Gasteiger partial charge on any atom is 0.254 e. The number of likely N-dealkylation sites (tertiary alicyclic amines) is 1. The lowest BCUT2D eigenvalue weighted by Gasteiger charge is -2.39. The second kappa shape index (κ2) is 6.87. The molecule has 1 aromatic carbocycles. The zero-order valence-corrected chi connectivity index (χ0v) is 12.8. The number of halogens is 1. The third-order valence-corrected chi connectivity index (χ3v) is 4.09. The van der Waals surface area contributed by atoms with Gasteiger partial charge in [-0.1, -0.05) is 6.92 Å². The van der Waals surface area contributed by atoms with Crippen molar-refractivity contribution in [3.05, 3.63) is 29.6 Å². The van der Waals surface area contributed by atoms with Crippen molar-refractivity contribution in [2.24, 2.45) is 5.92 Å². The van der Waals surface area contributed by atoms with Crippen LogP contribution in [-0.4, -0.2) is 41.0 Å². The molecule has 1 aliphatic heterocycles. The fraction of sp³-hybridized carbons (Fsp3) is 0.500. The molecule has 5 nitrogen and oxygen atoms in total. The smallest absolute Gasteiger partial charge is 0.254 e. The number of rotatable bonds is 3. The van der Waals surface area contributed by atoms with Gasteiger partial charge in [-0.3, -0.25) is 9.59 Å². The van der Waals surface area contributed by atoms with E-state index in [-0.39, 0.29) is 30.2 Å². The van der Waals surface area contributed by atoms with Gasteiger partial charge < -0.3 is 15.3 Å². The summed E-state index contributed by atoms with van der Waals surface area (Å²) in [5, 5.41) is 11.9. The Morgan fingerprint density at radius 2 is 2.18 bits per heavy atom. The summed E-state index contributed by atoms with van der Waals surface area (Å²) in [6.45, 7) is 3.77. The number of benzene rings is 1. The molecule has 1 saturated heterocycles. The number of hydrogen-bond donors (Lipinski definition) is 2. The molecule has 120 valence electrons. The quantitative estimate of drug-likeness (QED) is 0.897. The Morgan fingerprint density at radius 1 is 1.45 bits per heavy atom. The summed E-state index contributed by atoms with van der Waals surface area (Å²) in [4.78, 5) is 25.4. The molecule has 2 N–H and O–H groups in total. The van der Waals surface area contributed by atoms with Crippen LogP contribution in [0.5, 0.6) is 0 Å². The predicted octanol–water partition coefficient (Wildman–Crippen LogP) is 2.02. The summed E-state index contributed by atoms with van der Waals surface area (Å²) >= 11 is 0. The van der Waals surface area contributed by atoms with Gasteiger partial charge in [0, 0.05) is 19.0 Å². The van der Waals surface area contributed by atoms with E-state index in [1.54, 1.807) is 4.90 Å². The predicted molar refractivity (Wildman–Crippen MR) is 81.0 cm³/mol. The first kappa shape index (κ1) is 16.4. The number of aliphatic hydroxyl groups excluding tert-OH is 1. The van der Waals surface area contributed by atoms with E-state index in [0.717, 1.165) is 12.8 Å². The second-order valence-corrected chi connectivity index (χ2v) is 5.74. The first-order valence-electron chi connectivity index (χ1n) is 7.43. The Kier molecular flexibility index (Phi) is 5.13. The third-order valence-electron chi connectivity index (χ3n) is 4.09. The van der Waals surface area contributed by atoms with Crippen molar-refractivity contribution in [1.82, 2.24) is 4.90 Å². The molecule has 1 fully saturated rings. The zero-order chi connectivity index (χ0) is 16.3. The molecule has 1 aromatic rings. The van der Waals surface area contributed by atoms with Gasteiger partial charge in [-0.05, 0) is 37.0 Å². The second-order valence-electron chi connectivity index (χ2n) is 5.74. The normalized spacial score (nSPS) is 21.5. The van der Waals surface area contributed by atoms with Crippen LogP contribution in [0.1, 0.15) is 37.0 Å². The largest absolute Gasteiger partial charge is 0.394 e. The molecule has 1 aliphatic rings. The number of anilines is 1. The van der Waals surface area contributed by atoms with Gasteiger partial charge >= 0.3 is 0 Å². The van der Waals surface area contributed by atoms with Gasteiger partial charge in [-0.25, -0.2) is 4.39 Å². The van der Waals surface area contributed by atoms with E-state index in [2.05, 4.69) is 5.32 Å². The fourth-order valence-electron chi connectivity index (χ4n) is 2.89. The summed E-state index contributed by atoms with van der Waals surface area (Å²) in [6.07, 6.45) is 1.85. The van der Waals surface area contributed by atoms with E-state index in [1.165, 1.54) is 25.1 Å². The third kappa shape index (κ3) is 3.44. The van der Waals surface area contributed by atoms with Crippen LogP contribution in [0.2, 0.25) is 0 Å². The lowest BCUT2D eigenvalue weighted by molar-refractivity contribution is -0.114. The molecule has 0 saturated carbocycles. The zero-order valence-electron chi connectivity index (χ0n) is 12.8. The van der Waals surface area contributed by atoms with Crippen molar-refractivity contribution in [3.63, 3.8) is 0 Å². The molecule has 0 aromatic heterocycles. The number of amides is 2. The Balaban J connectivity index is 2.26. The highest BCUT2D eigenvalue weighted by molar-refractivity contribution is 5.97. The average molecular weight is 308 g/mol. The van der Waals surface area contributed by atoms with Crippen LogP contribution in [0.4, 0.5) is 10.1 Å². The first-order chi connectivity index (χ1) is 10.4. The minimum absolute atomic E-state index is 0.0102. The first-order valence-corrected chi connectivity index (χ1v) is 7.43. The maximum absolute atomic E-state index is 13.7. The van der Waals surface area contributed by atoms with Gasteiger partial charge in [0.15, 0.2) is 0 Å². The Hall–Kier alpha value is -1.95. The molecule has 0 radical (unpaired) electrons.